The van der Waals surface area contributed by atoms with Crippen LogP contribution in [-0.4, -0.2) is 25.6 Å². The van der Waals surface area contributed by atoms with Crippen molar-refractivity contribution in [1.29, 1.82) is 0 Å². The van der Waals surface area contributed by atoms with Gasteiger partial charge < -0.3 is 19.2 Å². The second-order valence-electron chi connectivity index (χ2n) is 5.20. The summed E-state index contributed by atoms with van der Waals surface area (Å²) in [7, 11) is 1.31. The van der Waals surface area contributed by atoms with Gasteiger partial charge in [-0.15, -0.1) is 0 Å². The van der Waals surface area contributed by atoms with Crippen LogP contribution in [0.4, 0.5) is 0 Å². The van der Waals surface area contributed by atoms with Crippen LogP contribution in [0.25, 0.3) is 0 Å². The fraction of sp³-hybridized carbons (Fsp3) is 0.333. The molecule has 1 amide bonds. The molecule has 1 aromatic heterocycles. The Morgan fingerprint density at radius 3 is 2.54 bits per heavy atom. The van der Waals surface area contributed by atoms with Crippen molar-refractivity contribution in [3.05, 3.63) is 53.0 Å². The van der Waals surface area contributed by atoms with Gasteiger partial charge in [-0.1, -0.05) is 12.1 Å². The quantitative estimate of drug-likeness (QED) is 0.789. The lowest BCUT2D eigenvalue weighted by atomic mass is 10.1. The molecule has 2 rings (SSSR count). The Labute approximate surface area is 140 Å². The second-order valence-corrected chi connectivity index (χ2v) is 5.20. The molecule has 0 fully saturated rings. The molecule has 0 radical (unpaired) electrons. The normalized spacial score (nSPS) is 10.3. The molecule has 6 heteroatoms. The molecule has 128 valence electrons. The Morgan fingerprint density at radius 2 is 1.92 bits per heavy atom. The van der Waals surface area contributed by atoms with E-state index in [1.54, 1.807) is 13.0 Å². The number of methoxy groups -OCH3 is 1. The molecule has 0 bridgehead atoms. The minimum atomic E-state index is -0.455. The van der Waals surface area contributed by atoms with Crippen molar-refractivity contribution < 1.29 is 23.5 Å². The third-order valence-corrected chi connectivity index (χ3v) is 3.43. The van der Waals surface area contributed by atoms with Crippen molar-refractivity contribution in [1.82, 2.24) is 5.32 Å². The number of carbonyl (C=O) groups excluding carboxylic acids is 2. The van der Waals surface area contributed by atoms with E-state index in [1.165, 1.54) is 7.11 Å². The number of nitrogens with one attached hydrogen (secondary N) is 1. The number of carbonyl (C=O) groups is 2. The number of amides is 1. The van der Waals surface area contributed by atoms with Crippen molar-refractivity contribution in [2.45, 2.75) is 26.8 Å². The number of benzene rings is 1. The largest absolute Gasteiger partial charge is 0.494 e. The van der Waals surface area contributed by atoms with Gasteiger partial charge in [-0.3, -0.25) is 4.79 Å². The molecular formula is C18H21NO5. The van der Waals surface area contributed by atoms with Crippen LogP contribution >= 0.6 is 0 Å². The number of hydrogen-bond acceptors (Lipinski definition) is 5. The Kier molecular flexibility index (Phi) is 6.01. The highest BCUT2D eigenvalue weighted by atomic mass is 16.5. The molecule has 0 unspecified atom stereocenters. The Bertz CT molecular complexity index is 703. The third kappa shape index (κ3) is 4.62. The lowest BCUT2D eigenvalue weighted by molar-refractivity contribution is -0.120. The van der Waals surface area contributed by atoms with E-state index in [9.17, 15) is 9.59 Å². The highest BCUT2D eigenvalue weighted by molar-refractivity contribution is 5.90. The molecule has 6 nitrogen and oxygen atoms in total. The lowest BCUT2D eigenvalue weighted by Gasteiger charge is -2.06. The van der Waals surface area contributed by atoms with Gasteiger partial charge in [-0.2, -0.15) is 0 Å². The van der Waals surface area contributed by atoms with Crippen LogP contribution < -0.4 is 10.1 Å². The molecule has 0 saturated heterocycles. The molecule has 1 N–H and O–H groups in total. The van der Waals surface area contributed by atoms with E-state index in [4.69, 9.17) is 9.15 Å². The summed E-state index contributed by atoms with van der Waals surface area (Å²) < 4.78 is 15.5. The first-order valence-electron chi connectivity index (χ1n) is 7.69. The van der Waals surface area contributed by atoms with Crippen LogP contribution in [0.1, 0.15) is 34.4 Å². The van der Waals surface area contributed by atoms with E-state index in [0.29, 0.717) is 23.7 Å². The zero-order chi connectivity index (χ0) is 17.5. The van der Waals surface area contributed by atoms with Crippen LogP contribution in [0.15, 0.2) is 34.7 Å². The van der Waals surface area contributed by atoms with Crippen LogP contribution in [0.2, 0.25) is 0 Å². The van der Waals surface area contributed by atoms with E-state index < -0.39 is 5.97 Å². The average molecular weight is 331 g/mol. The fourth-order valence-corrected chi connectivity index (χ4v) is 2.25. The predicted molar refractivity (Wildman–Crippen MR) is 87.9 cm³/mol. The van der Waals surface area contributed by atoms with Crippen molar-refractivity contribution in [2.24, 2.45) is 0 Å². The third-order valence-electron chi connectivity index (χ3n) is 3.43. The van der Waals surface area contributed by atoms with E-state index >= 15 is 0 Å². The summed E-state index contributed by atoms with van der Waals surface area (Å²) in [4.78, 5) is 23.5. The van der Waals surface area contributed by atoms with Crippen LogP contribution in [0.3, 0.4) is 0 Å². The highest BCUT2D eigenvalue weighted by Crippen LogP contribution is 2.16. The van der Waals surface area contributed by atoms with Gasteiger partial charge in [0.15, 0.2) is 0 Å². The Morgan fingerprint density at radius 1 is 1.21 bits per heavy atom. The first kappa shape index (κ1) is 17.6. The van der Waals surface area contributed by atoms with E-state index in [1.807, 2.05) is 31.2 Å². The van der Waals surface area contributed by atoms with Crippen molar-refractivity contribution >= 4 is 11.9 Å². The first-order chi connectivity index (χ1) is 11.5. The van der Waals surface area contributed by atoms with Gasteiger partial charge in [0.2, 0.25) is 5.91 Å². The second kappa shape index (κ2) is 8.19. The molecule has 2 aromatic rings. The maximum Gasteiger partial charge on any atom is 0.341 e. The highest BCUT2D eigenvalue weighted by Gasteiger charge is 2.15. The average Bonchev–Trinajstić information content (AvgIpc) is 2.95. The SMILES string of the molecule is CCOc1ccc(CC(=O)NCc2cc(C(=O)OC)c(C)o2)cc1. The minimum Gasteiger partial charge on any atom is -0.494 e. The standard InChI is InChI=1S/C18H21NO5/c1-4-23-14-7-5-13(6-8-14)9-17(20)19-11-15-10-16(12(2)24-15)18(21)22-3/h5-8,10H,4,9,11H2,1-3H3,(H,19,20). The van der Waals surface area contributed by atoms with Gasteiger partial charge in [-0.25, -0.2) is 4.79 Å². The van der Waals surface area contributed by atoms with Crippen LogP contribution in [0, 0.1) is 6.92 Å². The molecule has 0 aliphatic rings. The number of ether oxygens (including phenoxy) is 2. The molecule has 0 saturated carbocycles. The molecule has 0 atom stereocenters. The van der Waals surface area contributed by atoms with Gasteiger partial charge in [-0.05, 0) is 37.6 Å². The summed E-state index contributed by atoms with van der Waals surface area (Å²) >= 11 is 0. The van der Waals surface area contributed by atoms with E-state index in [-0.39, 0.29) is 18.9 Å². The molecule has 1 heterocycles. The number of esters is 1. The smallest absolute Gasteiger partial charge is 0.341 e. The number of rotatable bonds is 7. The molecule has 1 aromatic carbocycles. The first-order valence-corrected chi connectivity index (χ1v) is 7.69. The Hall–Kier alpha value is -2.76. The maximum atomic E-state index is 12.0. The van der Waals surface area contributed by atoms with Crippen molar-refractivity contribution in [2.75, 3.05) is 13.7 Å². The number of aryl methyl sites for hydroxylation is 1. The van der Waals surface area contributed by atoms with Gasteiger partial charge in [0.25, 0.3) is 0 Å². The van der Waals surface area contributed by atoms with Gasteiger partial charge in [0.1, 0.15) is 22.8 Å². The van der Waals surface area contributed by atoms with Gasteiger partial charge in [0, 0.05) is 0 Å². The topological polar surface area (TPSA) is 77.8 Å². The minimum absolute atomic E-state index is 0.132. The molecule has 0 spiro atoms. The van der Waals surface area contributed by atoms with Crippen LogP contribution in [-0.2, 0) is 22.5 Å². The zero-order valence-electron chi connectivity index (χ0n) is 14.0. The molecule has 0 aliphatic carbocycles. The fourth-order valence-electron chi connectivity index (χ4n) is 2.25. The molecule has 0 aliphatic heterocycles. The zero-order valence-corrected chi connectivity index (χ0v) is 14.0. The summed E-state index contributed by atoms with van der Waals surface area (Å²) in [5.41, 5.74) is 1.26. The lowest BCUT2D eigenvalue weighted by Crippen LogP contribution is -2.24. The van der Waals surface area contributed by atoms with Gasteiger partial charge >= 0.3 is 5.97 Å². The predicted octanol–water partition coefficient (Wildman–Crippen LogP) is 2.63. The summed E-state index contributed by atoms with van der Waals surface area (Å²) in [6, 6.07) is 8.97. The summed E-state index contributed by atoms with van der Waals surface area (Å²) in [6.45, 7) is 4.42. The summed E-state index contributed by atoms with van der Waals surface area (Å²) in [5.74, 6) is 1.17. The van der Waals surface area contributed by atoms with Crippen molar-refractivity contribution in [3.63, 3.8) is 0 Å². The van der Waals surface area contributed by atoms with E-state index in [0.717, 1.165) is 11.3 Å². The number of furan rings is 1. The van der Waals surface area contributed by atoms with Crippen LogP contribution in [0.5, 0.6) is 5.75 Å². The molecular weight excluding hydrogens is 310 g/mol. The van der Waals surface area contributed by atoms with Gasteiger partial charge in [0.05, 0.1) is 26.7 Å². The summed E-state index contributed by atoms with van der Waals surface area (Å²) in [5, 5.41) is 2.77. The monoisotopic (exact) mass is 331 g/mol. The van der Waals surface area contributed by atoms with Crippen molar-refractivity contribution in [3.8, 4) is 5.75 Å². The summed E-state index contributed by atoms with van der Waals surface area (Å²) in [6.07, 6.45) is 0.260. The Balaban J connectivity index is 1.88. The molecule has 24 heavy (non-hydrogen) atoms. The number of hydrogen-bond donors (Lipinski definition) is 1. The maximum absolute atomic E-state index is 12.0. The van der Waals surface area contributed by atoms with E-state index in [2.05, 4.69) is 10.1 Å².